The molecule has 0 radical (unpaired) electrons. The SMILES string of the molecule is C[C@H]1CN(S(=O)(=O)c2cc(Br)ccc2Br)CCN1.Cl. The van der Waals surface area contributed by atoms with Crippen molar-refractivity contribution in [1.29, 1.82) is 0 Å². The van der Waals surface area contributed by atoms with Gasteiger partial charge >= 0.3 is 0 Å². The van der Waals surface area contributed by atoms with E-state index in [1.165, 1.54) is 4.31 Å². The van der Waals surface area contributed by atoms with Crippen LogP contribution in [0.4, 0.5) is 0 Å². The molecule has 1 aromatic rings. The molecule has 0 aliphatic carbocycles. The molecule has 0 spiro atoms. The molecule has 1 heterocycles. The van der Waals surface area contributed by atoms with Crippen LogP contribution in [0.1, 0.15) is 6.92 Å². The van der Waals surface area contributed by atoms with Gasteiger partial charge in [0.25, 0.3) is 0 Å². The molecule has 1 aromatic carbocycles. The van der Waals surface area contributed by atoms with E-state index >= 15 is 0 Å². The number of piperazine rings is 1. The van der Waals surface area contributed by atoms with Crippen molar-refractivity contribution < 1.29 is 8.42 Å². The van der Waals surface area contributed by atoms with Gasteiger partial charge in [0.2, 0.25) is 10.0 Å². The normalized spacial score (nSPS) is 20.9. The lowest BCUT2D eigenvalue weighted by Gasteiger charge is -2.31. The molecule has 1 N–H and O–H groups in total. The zero-order chi connectivity index (χ0) is 13.3. The van der Waals surface area contributed by atoms with Gasteiger partial charge in [-0.05, 0) is 41.1 Å². The third kappa shape index (κ3) is 3.92. The number of halogens is 3. The van der Waals surface area contributed by atoms with E-state index in [0.717, 1.165) is 4.47 Å². The van der Waals surface area contributed by atoms with Gasteiger partial charge in [-0.3, -0.25) is 0 Å². The Labute approximate surface area is 136 Å². The van der Waals surface area contributed by atoms with E-state index in [-0.39, 0.29) is 18.4 Å². The summed E-state index contributed by atoms with van der Waals surface area (Å²) in [4.78, 5) is 0.311. The van der Waals surface area contributed by atoms with Crippen LogP contribution in [0.2, 0.25) is 0 Å². The van der Waals surface area contributed by atoms with Crippen molar-refractivity contribution in [3.05, 3.63) is 27.1 Å². The number of nitrogens with zero attached hydrogens (tertiary/aromatic N) is 1. The Morgan fingerprint density at radius 2 is 2.05 bits per heavy atom. The number of hydrogen-bond donors (Lipinski definition) is 1. The summed E-state index contributed by atoms with van der Waals surface area (Å²) in [6.45, 7) is 3.68. The molecule has 0 amide bonds. The number of hydrogen-bond acceptors (Lipinski definition) is 3. The lowest BCUT2D eigenvalue weighted by molar-refractivity contribution is 0.310. The molecule has 19 heavy (non-hydrogen) atoms. The predicted molar refractivity (Wildman–Crippen MR) is 85.3 cm³/mol. The average Bonchev–Trinajstić information content (AvgIpc) is 2.32. The van der Waals surface area contributed by atoms with Gasteiger partial charge in [-0.1, -0.05) is 15.9 Å². The van der Waals surface area contributed by atoms with E-state index in [0.29, 0.717) is 29.0 Å². The molecule has 0 saturated carbocycles. The van der Waals surface area contributed by atoms with Crippen LogP contribution >= 0.6 is 44.3 Å². The molecule has 4 nitrogen and oxygen atoms in total. The minimum absolute atomic E-state index is 0. The number of rotatable bonds is 2. The fraction of sp³-hybridized carbons (Fsp3) is 0.455. The first-order valence-electron chi connectivity index (χ1n) is 5.60. The van der Waals surface area contributed by atoms with Gasteiger partial charge < -0.3 is 5.32 Å². The Hall–Kier alpha value is 0.340. The van der Waals surface area contributed by atoms with Crippen LogP contribution in [-0.2, 0) is 10.0 Å². The second-order valence-electron chi connectivity index (χ2n) is 4.29. The molecular formula is C11H15Br2ClN2O2S. The summed E-state index contributed by atoms with van der Waals surface area (Å²) in [5.74, 6) is 0. The number of nitrogens with one attached hydrogen (secondary N) is 1. The van der Waals surface area contributed by atoms with Crippen LogP contribution in [0.5, 0.6) is 0 Å². The Balaban J connectivity index is 0.00000180. The smallest absolute Gasteiger partial charge is 0.244 e. The minimum atomic E-state index is -3.43. The van der Waals surface area contributed by atoms with Gasteiger partial charge in [-0.15, -0.1) is 12.4 Å². The van der Waals surface area contributed by atoms with Crippen LogP contribution in [0.15, 0.2) is 32.0 Å². The van der Waals surface area contributed by atoms with Crippen molar-refractivity contribution in [2.75, 3.05) is 19.6 Å². The summed E-state index contributed by atoms with van der Waals surface area (Å²) in [6.07, 6.45) is 0. The van der Waals surface area contributed by atoms with E-state index < -0.39 is 10.0 Å². The summed E-state index contributed by atoms with van der Waals surface area (Å²) in [5, 5.41) is 3.23. The van der Waals surface area contributed by atoms with Crippen LogP contribution in [0, 0.1) is 0 Å². The third-order valence-electron chi connectivity index (χ3n) is 2.84. The first kappa shape index (κ1) is 17.4. The largest absolute Gasteiger partial charge is 0.312 e. The van der Waals surface area contributed by atoms with E-state index in [4.69, 9.17) is 0 Å². The van der Waals surface area contributed by atoms with E-state index in [9.17, 15) is 8.42 Å². The summed E-state index contributed by atoms with van der Waals surface area (Å²) in [7, 11) is -3.43. The molecular weight excluding hydrogens is 419 g/mol. The summed E-state index contributed by atoms with van der Waals surface area (Å²) >= 11 is 6.61. The van der Waals surface area contributed by atoms with Crippen LogP contribution < -0.4 is 5.32 Å². The highest BCUT2D eigenvalue weighted by molar-refractivity contribution is 9.11. The Morgan fingerprint density at radius 3 is 2.68 bits per heavy atom. The van der Waals surface area contributed by atoms with E-state index in [2.05, 4.69) is 37.2 Å². The quantitative estimate of drug-likeness (QED) is 0.779. The maximum atomic E-state index is 12.6. The van der Waals surface area contributed by atoms with E-state index in [1.54, 1.807) is 12.1 Å². The van der Waals surface area contributed by atoms with Gasteiger partial charge in [-0.2, -0.15) is 4.31 Å². The lowest BCUT2D eigenvalue weighted by atomic mass is 10.3. The standard InChI is InChI=1S/C11H14Br2N2O2S.ClH/c1-8-7-15(5-4-14-8)18(16,17)11-6-9(12)2-3-10(11)13;/h2-3,6,8,14H,4-5,7H2,1H3;1H/t8-;/m0./s1. The van der Waals surface area contributed by atoms with Gasteiger partial charge in [0.05, 0.1) is 4.90 Å². The molecule has 0 unspecified atom stereocenters. The van der Waals surface area contributed by atoms with Gasteiger partial charge in [-0.25, -0.2) is 8.42 Å². The molecule has 8 heteroatoms. The van der Waals surface area contributed by atoms with Crippen molar-refractivity contribution in [3.8, 4) is 0 Å². The monoisotopic (exact) mass is 432 g/mol. The highest BCUT2D eigenvalue weighted by Gasteiger charge is 2.29. The van der Waals surface area contributed by atoms with Crippen LogP contribution in [0.3, 0.4) is 0 Å². The second kappa shape index (κ2) is 6.87. The van der Waals surface area contributed by atoms with E-state index in [1.807, 2.05) is 13.0 Å². The van der Waals surface area contributed by atoms with Gasteiger partial charge in [0.15, 0.2) is 0 Å². The fourth-order valence-electron chi connectivity index (χ4n) is 1.93. The Morgan fingerprint density at radius 1 is 1.37 bits per heavy atom. The maximum Gasteiger partial charge on any atom is 0.244 e. The third-order valence-corrected chi connectivity index (χ3v) is 6.19. The molecule has 108 valence electrons. The van der Waals surface area contributed by atoms with Crippen LogP contribution in [-0.4, -0.2) is 38.4 Å². The molecule has 1 saturated heterocycles. The average molecular weight is 435 g/mol. The first-order valence-corrected chi connectivity index (χ1v) is 8.62. The topological polar surface area (TPSA) is 49.4 Å². The minimum Gasteiger partial charge on any atom is -0.312 e. The highest BCUT2D eigenvalue weighted by Crippen LogP contribution is 2.28. The van der Waals surface area contributed by atoms with Gasteiger partial charge in [0, 0.05) is 34.6 Å². The molecule has 1 aliphatic rings. The zero-order valence-corrected chi connectivity index (χ0v) is 15.1. The van der Waals surface area contributed by atoms with Gasteiger partial charge in [0.1, 0.15) is 0 Å². The number of benzene rings is 1. The molecule has 1 fully saturated rings. The summed E-state index contributed by atoms with van der Waals surface area (Å²) in [6, 6.07) is 5.36. The maximum absolute atomic E-state index is 12.6. The lowest BCUT2D eigenvalue weighted by Crippen LogP contribution is -2.51. The fourth-order valence-corrected chi connectivity index (χ4v) is 4.92. The number of sulfonamides is 1. The van der Waals surface area contributed by atoms with Crippen LogP contribution in [0.25, 0.3) is 0 Å². The highest BCUT2D eigenvalue weighted by atomic mass is 79.9. The van der Waals surface area contributed by atoms with Crippen molar-refractivity contribution in [1.82, 2.24) is 9.62 Å². The summed E-state index contributed by atoms with van der Waals surface area (Å²) in [5.41, 5.74) is 0. The first-order chi connectivity index (χ1) is 8.41. The van der Waals surface area contributed by atoms with Crippen molar-refractivity contribution >= 4 is 54.3 Å². The molecule has 0 aromatic heterocycles. The predicted octanol–water partition coefficient (Wildman–Crippen LogP) is 2.62. The van der Waals surface area contributed by atoms with Crippen molar-refractivity contribution in [2.24, 2.45) is 0 Å². The Bertz CT molecular complexity index is 554. The van der Waals surface area contributed by atoms with Crippen molar-refractivity contribution in [3.63, 3.8) is 0 Å². The Kier molecular flexibility index (Phi) is 6.28. The van der Waals surface area contributed by atoms with Crippen molar-refractivity contribution in [2.45, 2.75) is 17.9 Å². The summed E-state index contributed by atoms with van der Waals surface area (Å²) < 4.78 is 28.0. The second-order valence-corrected chi connectivity index (χ2v) is 7.97. The molecule has 1 aliphatic heterocycles. The molecule has 0 bridgehead atoms. The zero-order valence-electron chi connectivity index (χ0n) is 10.3. The molecule has 2 rings (SSSR count). The molecule has 1 atom stereocenters.